The summed E-state index contributed by atoms with van der Waals surface area (Å²) in [4.78, 5) is 4.66. The van der Waals surface area contributed by atoms with E-state index in [4.69, 9.17) is 9.47 Å². The molecule has 2 heterocycles. The van der Waals surface area contributed by atoms with Gasteiger partial charge in [0, 0.05) is 32.3 Å². The van der Waals surface area contributed by atoms with Crippen molar-refractivity contribution in [3.8, 4) is 0 Å². The summed E-state index contributed by atoms with van der Waals surface area (Å²) in [6, 6.07) is 0.618. The molecule has 2 unspecified atom stereocenters. The second-order valence-corrected chi connectivity index (χ2v) is 6.32. The Hall–Kier alpha value is -0.200. The Balaban J connectivity index is 1.64. The molecule has 2 fully saturated rings. The fourth-order valence-electron chi connectivity index (χ4n) is 3.06. The van der Waals surface area contributed by atoms with E-state index in [1.807, 2.05) is 0 Å². The van der Waals surface area contributed by atoms with Crippen LogP contribution in [0.15, 0.2) is 0 Å². The predicted octanol–water partition coefficient (Wildman–Crippen LogP) is 0.569. The third kappa shape index (κ3) is 5.30. The first-order chi connectivity index (χ1) is 9.65. The molecule has 0 bridgehead atoms. The number of aliphatic hydroxyl groups is 1. The maximum atomic E-state index is 10.1. The lowest BCUT2D eigenvalue weighted by atomic mass is 10.0. The summed E-state index contributed by atoms with van der Waals surface area (Å²) >= 11 is 0. The van der Waals surface area contributed by atoms with Crippen LogP contribution in [0.25, 0.3) is 0 Å². The van der Waals surface area contributed by atoms with Gasteiger partial charge in [-0.3, -0.25) is 4.90 Å². The molecular weight excluding hydrogens is 256 g/mol. The van der Waals surface area contributed by atoms with Crippen molar-refractivity contribution in [2.75, 3.05) is 53.6 Å². The molecule has 0 amide bonds. The van der Waals surface area contributed by atoms with Crippen LogP contribution in [0.4, 0.5) is 0 Å². The molecule has 118 valence electrons. The topological polar surface area (TPSA) is 45.2 Å². The molecule has 0 aromatic carbocycles. The van der Waals surface area contributed by atoms with Crippen LogP contribution >= 0.6 is 0 Å². The third-order valence-electron chi connectivity index (χ3n) is 4.37. The summed E-state index contributed by atoms with van der Waals surface area (Å²) in [5.41, 5.74) is 0. The van der Waals surface area contributed by atoms with Gasteiger partial charge in [0.1, 0.15) is 0 Å². The first-order valence-corrected chi connectivity index (χ1v) is 7.91. The quantitative estimate of drug-likeness (QED) is 0.773. The number of likely N-dealkylation sites (tertiary alicyclic amines) is 1. The molecule has 0 aromatic rings. The van der Waals surface area contributed by atoms with Crippen molar-refractivity contribution >= 4 is 0 Å². The highest BCUT2D eigenvalue weighted by Gasteiger charge is 2.23. The molecule has 2 saturated heterocycles. The zero-order valence-electron chi connectivity index (χ0n) is 13.0. The van der Waals surface area contributed by atoms with Crippen molar-refractivity contribution in [2.24, 2.45) is 0 Å². The predicted molar refractivity (Wildman–Crippen MR) is 78.9 cm³/mol. The number of rotatable bonds is 6. The van der Waals surface area contributed by atoms with E-state index in [-0.39, 0.29) is 12.2 Å². The Morgan fingerprint density at radius 3 is 2.75 bits per heavy atom. The van der Waals surface area contributed by atoms with Crippen molar-refractivity contribution < 1.29 is 14.6 Å². The summed E-state index contributed by atoms with van der Waals surface area (Å²) in [5.74, 6) is 0. The van der Waals surface area contributed by atoms with Crippen LogP contribution in [0.5, 0.6) is 0 Å². The first kappa shape index (κ1) is 16.2. The van der Waals surface area contributed by atoms with Crippen molar-refractivity contribution in [3.63, 3.8) is 0 Å². The molecule has 2 rings (SSSR count). The van der Waals surface area contributed by atoms with E-state index in [2.05, 4.69) is 23.9 Å². The van der Waals surface area contributed by atoms with Gasteiger partial charge in [0.25, 0.3) is 0 Å². The van der Waals surface area contributed by atoms with Gasteiger partial charge in [0.05, 0.1) is 18.8 Å². The fourth-order valence-corrected chi connectivity index (χ4v) is 3.06. The van der Waals surface area contributed by atoms with Gasteiger partial charge in [-0.1, -0.05) is 0 Å². The van der Waals surface area contributed by atoms with Crippen molar-refractivity contribution in [1.29, 1.82) is 0 Å². The van der Waals surface area contributed by atoms with E-state index in [1.54, 1.807) is 0 Å². The summed E-state index contributed by atoms with van der Waals surface area (Å²) in [6.45, 7) is 4.91. The van der Waals surface area contributed by atoms with Crippen LogP contribution in [0.2, 0.25) is 0 Å². The average molecular weight is 286 g/mol. The van der Waals surface area contributed by atoms with Crippen molar-refractivity contribution in [2.45, 2.75) is 43.9 Å². The van der Waals surface area contributed by atoms with E-state index in [0.717, 1.165) is 45.7 Å². The summed E-state index contributed by atoms with van der Waals surface area (Å²) in [7, 11) is 4.28. The van der Waals surface area contributed by atoms with Crippen molar-refractivity contribution in [3.05, 3.63) is 0 Å². The summed E-state index contributed by atoms with van der Waals surface area (Å²) in [5, 5.41) is 10.1. The van der Waals surface area contributed by atoms with E-state index < -0.39 is 0 Å². The van der Waals surface area contributed by atoms with Crippen LogP contribution in [0, 0.1) is 0 Å². The maximum Gasteiger partial charge on any atom is 0.0900 e. The second-order valence-electron chi connectivity index (χ2n) is 6.32. The van der Waals surface area contributed by atoms with Gasteiger partial charge in [-0.15, -0.1) is 0 Å². The number of ether oxygens (including phenoxy) is 2. The third-order valence-corrected chi connectivity index (χ3v) is 4.37. The van der Waals surface area contributed by atoms with E-state index in [9.17, 15) is 5.11 Å². The summed E-state index contributed by atoms with van der Waals surface area (Å²) < 4.78 is 11.1. The first-order valence-electron chi connectivity index (χ1n) is 7.91. The number of hydrogen-bond acceptors (Lipinski definition) is 5. The Morgan fingerprint density at radius 1 is 1.30 bits per heavy atom. The molecule has 0 aliphatic carbocycles. The number of hydrogen-bond donors (Lipinski definition) is 1. The molecule has 2 aliphatic rings. The zero-order valence-corrected chi connectivity index (χ0v) is 13.0. The molecule has 5 nitrogen and oxygen atoms in total. The highest BCUT2D eigenvalue weighted by molar-refractivity contribution is 4.79. The Bertz CT molecular complexity index is 270. The second kappa shape index (κ2) is 8.29. The molecule has 5 heteroatoms. The monoisotopic (exact) mass is 286 g/mol. The van der Waals surface area contributed by atoms with Gasteiger partial charge in [-0.2, -0.15) is 0 Å². The highest BCUT2D eigenvalue weighted by atomic mass is 16.5. The van der Waals surface area contributed by atoms with E-state index in [0.29, 0.717) is 12.6 Å². The number of likely N-dealkylation sites (N-methyl/N-ethyl adjacent to an activating group) is 1. The minimum atomic E-state index is -0.376. The van der Waals surface area contributed by atoms with Crippen LogP contribution in [0.1, 0.15) is 25.7 Å². The minimum absolute atomic E-state index is 0.272. The Kier molecular flexibility index (Phi) is 6.71. The van der Waals surface area contributed by atoms with Gasteiger partial charge in [0.15, 0.2) is 0 Å². The normalized spacial score (nSPS) is 27.9. The highest BCUT2D eigenvalue weighted by Crippen LogP contribution is 2.15. The Labute approximate surface area is 122 Å². The van der Waals surface area contributed by atoms with Crippen LogP contribution in [-0.2, 0) is 9.47 Å². The standard InChI is InChI=1S/C15H30N2O3/c1-16(2)13-4-3-7-17(10-13)11-14(18)12-20-15-5-8-19-9-6-15/h13-15,18H,3-12H2,1-2H3. The summed E-state index contributed by atoms with van der Waals surface area (Å²) in [6.07, 6.45) is 4.29. The van der Waals surface area contributed by atoms with Gasteiger partial charge in [-0.25, -0.2) is 0 Å². The maximum absolute atomic E-state index is 10.1. The molecule has 0 aromatic heterocycles. The molecule has 20 heavy (non-hydrogen) atoms. The molecule has 0 spiro atoms. The minimum Gasteiger partial charge on any atom is -0.389 e. The number of aliphatic hydroxyl groups excluding tert-OH is 1. The number of piperidine rings is 1. The van der Waals surface area contributed by atoms with Gasteiger partial charge < -0.3 is 19.5 Å². The Morgan fingerprint density at radius 2 is 2.05 bits per heavy atom. The lowest BCUT2D eigenvalue weighted by molar-refractivity contribution is -0.0659. The van der Waals surface area contributed by atoms with Crippen LogP contribution < -0.4 is 0 Å². The van der Waals surface area contributed by atoms with Crippen LogP contribution in [0.3, 0.4) is 0 Å². The molecule has 0 saturated carbocycles. The molecular formula is C15H30N2O3. The smallest absolute Gasteiger partial charge is 0.0900 e. The van der Waals surface area contributed by atoms with E-state index >= 15 is 0 Å². The van der Waals surface area contributed by atoms with Gasteiger partial charge >= 0.3 is 0 Å². The van der Waals surface area contributed by atoms with E-state index in [1.165, 1.54) is 12.8 Å². The largest absolute Gasteiger partial charge is 0.389 e. The van der Waals surface area contributed by atoms with Crippen molar-refractivity contribution in [1.82, 2.24) is 9.80 Å². The average Bonchev–Trinajstić information content (AvgIpc) is 2.46. The lowest BCUT2D eigenvalue weighted by Crippen LogP contribution is -2.48. The fraction of sp³-hybridized carbons (Fsp3) is 1.00. The zero-order chi connectivity index (χ0) is 14.4. The molecule has 2 atom stereocenters. The lowest BCUT2D eigenvalue weighted by Gasteiger charge is -2.37. The van der Waals surface area contributed by atoms with Gasteiger partial charge in [0.2, 0.25) is 0 Å². The van der Waals surface area contributed by atoms with Crippen LogP contribution in [-0.4, -0.2) is 86.7 Å². The number of nitrogens with zero attached hydrogens (tertiary/aromatic N) is 2. The molecule has 1 N–H and O–H groups in total. The molecule has 0 radical (unpaired) electrons. The van der Waals surface area contributed by atoms with Gasteiger partial charge in [-0.05, 0) is 46.3 Å². The SMILES string of the molecule is CN(C)C1CCCN(CC(O)COC2CCOCC2)C1. The molecule has 2 aliphatic heterocycles. The number of β-amino-alcohol motifs (C(OH)–C–C–N with tert-alkyl or cyclic N) is 1.